The van der Waals surface area contributed by atoms with Crippen molar-refractivity contribution in [3.63, 3.8) is 0 Å². The highest BCUT2D eigenvalue weighted by molar-refractivity contribution is 8.14. The normalized spacial score (nSPS) is 17.1. The molecular weight excluding hydrogens is 442 g/mol. The first kappa shape index (κ1) is 27.4. The number of carboxylic acids is 1. The number of nitrogens with one attached hydrogen (secondary N) is 1. The molecule has 2 aromatic carbocycles. The second-order valence-electron chi connectivity index (χ2n) is 7.64. The van der Waals surface area contributed by atoms with Gasteiger partial charge in [-0.25, -0.2) is 9.78 Å². The van der Waals surface area contributed by atoms with Crippen molar-refractivity contribution in [3.8, 4) is 0 Å². The predicted octanol–water partition coefficient (Wildman–Crippen LogP) is 6.99. The number of H-pyrrole nitrogens is 1. The molecule has 2 heterocycles. The number of nitrogens with zero attached hydrogens (tertiary/aromatic N) is 2. The average molecular weight is 480 g/mol. The Bertz CT molecular complexity index is 1150. The Balaban J connectivity index is 0.000000970. The molecule has 1 aliphatic rings. The first-order chi connectivity index (χ1) is 16.5. The Morgan fingerprint density at radius 1 is 1.15 bits per heavy atom. The Morgan fingerprint density at radius 2 is 1.85 bits per heavy atom. The van der Waals surface area contributed by atoms with E-state index in [9.17, 15) is 9.90 Å². The van der Waals surface area contributed by atoms with E-state index in [1.165, 1.54) is 11.8 Å². The zero-order valence-corrected chi connectivity index (χ0v) is 22.0. The summed E-state index contributed by atoms with van der Waals surface area (Å²) in [7, 11) is 0. The molecule has 0 saturated carbocycles. The topological polar surface area (TPSA) is 78.3 Å². The summed E-state index contributed by atoms with van der Waals surface area (Å²) in [5.41, 5.74) is 1.76. The van der Waals surface area contributed by atoms with Crippen LogP contribution in [0.2, 0.25) is 0 Å². The van der Waals surface area contributed by atoms with Crippen LogP contribution in [0, 0.1) is 6.92 Å². The minimum Gasteiger partial charge on any atom is -0.479 e. The maximum atomic E-state index is 12.2. The number of carbonyl (C=O) groups is 1. The van der Waals surface area contributed by atoms with Crippen LogP contribution < -0.4 is 0 Å². The molecule has 2 N–H and O–H groups in total. The number of aliphatic carboxylic acids is 1. The van der Waals surface area contributed by atoms with Crippen molar-refractivity contribution in [2.75, 3.05) is 5.75 Å². The van der Waals surface area contributed by atoms with Crippen LogP contribution in [0.15, 0.2) is 59.6 Å². The van der Waals surface area contributed by atoms with Gasteiger partial charge in [0.2, 0.25) is 0 Å². The quantitative estimate of drug-likeness (QED) is 0.358. The van der Waals surface area contributed by atoms with E-state index >= 15 is 0 Å². The number of benzene rings is 2. The van der Waals surface area contributed by atoms with Crippen molar-refractivity contribution in [1.29, 1.82) is 0 Å². The highest BCUT2D eigenvalue weighted by atomic mass is 32.2. The molecule has 1 aliphatic heterocycles. The SMILES string of the molecule is C/C=C\CCc1nc(CC2(C(=O)O)CSC(c3ccc4ccccc4c3)=N2)[nH]c1C.CC.CC. The number of fused-ring (bicyclic) bond motifs is 1. The van der Waals surface area contributed by atoms with Gasteiger partial charge >= 0.3 is 5.97 Å². The van der Waals surface area contributed by atoms with Gasteiger partial charge in [0.1, 0.15) is 5.82 Å². The average Bonchev–Trinajstić information content (AvgIpc) is 3.46. The van der Waals surface area contributed by atoms with Gasteiger partial charge in [0.05, 0.1) is 10.7 Å². The van der Waals surface area contributed by atoms with Crippen molar-refractivity contribution in [1.82, 2.24) is 9.97 Å². The van der Waals surface area contributed by atoms with Crippen molar-refractivity contribution in [2.24, 2.45) is 4.99 Å². The molecule has 0 saturated heterocycles. The fourth-order valence-electron chi connectivity index (χ4n) is 3.75. The minimum atomic E-state index is -1.20. The molecule has 3 aromatic rings. The maximum absolute atomic E-state index is 12.2. The molecular formula is C28H37N3O2S. The number of rotatable bonds is 7. The van der Waals surface area contributed by atoms with Crippen molar-refractivity contribution in [3.05, 3.63) is 77.4 Å². The standard InChI is InChI=1S/C24H25N3O2S.2C2H6/c1-3-4-5-10-20-16(2)25-21(26-20)14-24(23(28)29)15-30-22(27-24)19-12-11-17-8-6-7-9-18(17)13-19;2*1-2/h3-4,6-9,11-13H,5,10,14-15H2,1-2H3,(H,25,26)(H,28,29);2*1-2H3/b4-3-;;. The van der Waals surface area contributed by atoms with E-state index in [0.717, 1.165) is 45.6 Å². The number of carboxylic acid groups (broad SMARTS) is 1. The third-order valence-electron chi connectivity index (χ3n) is 5.44. The highest BCUT2D eigenvalue weighted by Gasteiger charge is 2.44. The van der Waals surface area contributed by atoms with Crippen LogP contribution in [0.4, 0.5) is 0 Å². The summed E-state index contributed by atoms with van der Waals surface area (Å²) >= 11 is 1.50. The van der Waals surface area contributed by atoms with E-state index in [2.05, 4.69) is 40.3 Å². The molecule has 34 heavy (non-hydrogen) atoms. The van der Waals surface area contributed by atoms with Crippen LogP contribution >= 0.6 is 11.8 Å². The van der Waals surface area contributed by atoms with Crippen molar-refractivity contribution in [2.45, 2.75) is 66.3 Å². The van der Waals surface area contributed by atoms with Gasteiger partial charge < -0.3 is 10.1 Å². The summed E-state index contributed by atoms with van der Waals surface area (Å²) in [4.78, 5) is 24.9. The number of aliphatic imine (C=N–C) groups is 1. The molecule has 0 spiro atoms. The fraction of sp³-hybridized carbons (Fsp3) is 0.393. The van der Waals surface area contributed by atoms with E-state index in [0.29, 0.717) is 11.6 Å². The van der Waals surface area contributed by atoms with E-state index in [-0.39, 0.29) is 6.42 Å². The zero-order valence-electron chi connectivity index (χ0n) is 21.2. The molecule has 0 bridgehead atoms. The molecule has 1 aromatic heterocycles. The monoisotopic (exact) mass is 479 g/mol. The Labute approximate surface area is 207 Å². The first-order valence-corrected chi connectivity index (χ1v) is 13.1. The van der Waals surface area contributed by atoms with E-state index < -0.39 is 11.5 Å². The van der Waals surface area contributed by atoms with Gasteiger partial charge in [0.25, 0.3) is 0 Å². The highest BCUT2D eigenvalue weighted by Crippen LogP contribution is 2.34. The third-order valence-corrected chi connectivity index (χ3v) is 6.66. The van der Waals surface area contributed by atoms with Crippen LogP contribution in [0.3, 0.4) is 0 Å². The minimum absolute atomic E-state index is 0.261. The van der Waals surface area contributed by atoms with Gasteiger partial charge in [-0.2, -0.15) is 0 Å². The first-order valence-electron chi connectivity index (χ1n) is 12.1. The van der Waals surface area contributed by atoms with E-state index in [4.69, 9.17) is 4.99 Å². The Kier molecular flexibility index (Phi) is 10.6. The number of hydrogen-bond acceptors (Lipinski definition) is 4. The molecule has 0 aliphatic carbocycles. The van der Waals surface area contributed by atoms with Crippen LogP contribution in [-0.4, -0.2) is 37.4 Å². The summed E-state index contributed by atoms with van der Waals surface area (Å²) < 4.78 is 0. The summed E-state index contributed by atoms with van der Waals surface area (Å²) in [5, 5.41) is 13.1. The molecule has 1 unspecified atom stereocenters. The number of allylic oxidation sites excluding steroid dienone is 2. The predicted molar refractivity (Wildman–Crippen MR) is 146 cm³/mol. The van der Waals surface area contributed by atoms with Gasteiger partial charge in [-0.05, 0) is 43.5 Å². The number of aryl methyl sites for hydroxylation is 2. The van der Waals surface area contributed by atoms with Crippen LogP contribution in [0.5, 0.6) is 0 Å². The largest absolute Gasteiger partial charge is 0.479 e. The summed E-state index contributed by atoms with van der Waals surface area (Å²) in [6.07, 6.45) is 6.16. The van der Waals surface area contributed by atoms with Crippen LogP contribution in [0.1, 0.15) is 63.8 Å². The summed E-state index contributed by atoms with van der Waals surface area (Å²) in [5.74, 6) is 0.183. The Hall–Kier alpha value is -2.86. The number of hydrogen-bond donors (Lipinski definition) is 2. The summed E-state index contributed by atoms with van der Waals surface area (Å²) in [6.45, 7) is 12.0. The van der Waals surface area contributed by atoms with Gasteiger partial charge in [-0.3, -0.25) is 4.99 Å². The zero-order chi connectivity index (χ0) is 25.1. The Morgan fingerprint density at radius 3 is 2.53 bits per heavy atom. The van der Waals surface area contributed by atoms with E-state index in [1.807, 2.05) is 65.8 Å². The van der Waals surface area contributed by atoms with Gasteiger partial charge in [0, 0.05) is 23.4 Å². The lowest BCUT2D eigenvalue weighted by atomic mass is 9.98. The van der Waals surface area contributed by atoms with E-state index in [1.54, 1.807) is 0 Å². The maximum Gasteiger partial charge on any atom is 0.332 e. The molecule has 0 amide bonds. The lowest BCUT2D eigenvalue weighted by Crippen LogP contribution is -2.40. The second-order valence-corrected chi connectivity index (χ2v) is 8.61. The fourth-order valence-corrected chi connectivity index (χ4v) is 4.95. The number of aromatic nitrogens is 2. The van der Waals surface area contributed by atoms with Crippen molar-refractivity contribution < 1.29 is 9.90 Å². The molecule has 0 fully saturated rings. The molecule has 4 rings (SSSR count). The third kappa shape index (κ3) is 6.38. The summed E-state index contributed by atoms with van der Waals surface area (Å²) in [6, 6.07) is 14.3. The number of thioether (sulfide) groups is 1. The number of imidazole rings is 1. The molecule has 0 radical (unpaired) electrons. The van der Waals surface area contributed by atoms with Gasteiger partial charge in [-0.1, -0.05) is 76.2 Å². The van der Waals surface area contributed by atoms with Crippen LogP contribution in [0.25, 0.3) is 10.8 Å². The number of aromatic amines is 1. The second kappa shape index (κ2) is 13.1. The smallest absolute Gasteiger partial charge is 0.332 e. The lowest BCUT2D eigenvalue weighted by Gasteiger charge is -2.18. The lowest BCUT2D eigenvalue weighted by molar-refractivity contribution is -0.142. The van der Waals surface area contributed by atoms with Crippen molar-refractivity contribution >= 4 is 33.5 Å². The van der Waals surface area contributed by atoms with Gasteiger partial charge in [0.15, 0.2) is 5.54 Å². The molecule has 1 atom stereocenters. The van der Waals surface area contributed by atoms with Gasteiger partial charge in [-0.15, -0.1) is 11.8 Å². The van der Waals surface area contributed by atoms with Crippen LogP contribution in [-0.2, 0) is 17.6 Å². The molecule has 6 heteroatoms. The molecule has 5 nitrogen and oxygen atoms in total. The molecule has 182 valence electrons.